The minimum Gasteiger partial charge on any atom is -0.367 e. The van der Waals surface area contributed by atoms with Crippen molar-refractivity contribution in [2.75, 3.05) is 38.1 Å². The summed E-state index contributed by atoms with van der Waals surface area (Å²) in [6.45, 7) is 3.86. The third-order valence-electron chi connectivity index (χ3n) is 6.00. The normalized spacial score (nSPS) is 14.8. The number of aromatic nitrogens is 3. The molecule has 33 heavy (non-hydrogen) atoms. The quantitative estimate of drug-likeness (QED) is 0.464. The highest BCUT2D eigenvalue weighted by Crippen LogP contribution is 2.35. The molecular weight excluding hydrogens is 463 g/mol. The van der Waals surface area contributed by atoms with Gasteiger partial charge in [0.1, 0.15) is 5.52 Å². The van der Waals surface area contributed by atoms with Crippen LogP contribution in [0.2, 0.25) is 10.0 Å². The number of rotatable bonds is 4. The molecule has 0 saturated carbocycles. The monoisotopic (exact) mass is 484 g/mol. The molecule has 0 bridgehead atoms. The van der Waals surface area contributed by atoms with Gasteiger partial charge in [-0.15, -0.1) is 0 Å². The van der Waals surface area contributed by atoms with E-state index < -0.39 is 0 Å². The van der Waals surface area contributed by atoms with Crippen LogP contribution >= 0.6 is 23.2 Å². The van der Waals surface area contributed by atoms with Crippen molar-refractivity contribution < 1.29 is 4.79 Å². The molecular formula is C23H22Cl2N6O2. The molecule has 5 rings (SSSR count). The average Bonchev–Trinajstić information content (AvgIpc) is 3.30. The molecule has 1 aliphatic heterocycles. The minimum absolute atomic E-state index is 0.175. The van der Waals surface area contributed by atoms with Gasteiger partial charge in [-0.25, -0.2) is 4.79 Å². The Labute approximate surface area is 199 Å². The van der Waals surface area contributed by atoms with E-state index in [0.717, 1.165) is 60.5 Å². The summed E-state index contributed by atoms with van der Waals surface area (Å²) < 4.78 is 1.56. The number of fused-ring (bicyclic) bond motifs is 3. The standard InChI is InChI=1S/C23H22Cl2N6O2/c1-26-22(32)15-10-16(24)21(17(25)11-15)30-7-5-29(6-8-30)13-14-9-18-20(27-12-14)19-3-2-4-31(19)23(33)28-18/h2-4,9-12H,5-8,13H2,1H3,(H,26,32)(H,28,33). The molecule has 3 aromatic heterocycles. The van der Waals surface area contributed by atoms with Crippen LogP contribution in [0.15, 0.2) is 47.5 Å². The van der Waals surface area contributed by atoms with Gasteiger partial charge in [-0.05, 0) is 35.9 Å². The van der Waals surface area contributed by atoms with Crippen LogP contribution in [-0.4, -0.2) is 58.4 Å². The first-order chi connectivity index (χ1) is 15.9. The van der Waals surface area contributed by atoms with E-state index >= 15 is 0 Å². The number of benzene rings is 1. The third-order valence-corrected chi connectivity index (χ3v) is 6.57. The van der Waals surface area contributed by atoms with Crippen molar-refractivity contribution in [1.82, 2.24) is 24.6 Å². The van der Waals surface area contributed by atoms with E-state index in [1.807, 2.05) is 24.4 Å². The highest BCUT2D eigenvalue weighted by atomic mass is 35.5. The van der Waals surface area contributed by atoms with Crippen molar-refractivity contribution in [2.24, 2.45) is 0 Å². The maximum Gasteiger partial charge on any atom is 0.330 e. The van der Waals surface area contributed by atoms with Gasteiger partial charge in [-0.2, -0.15) is 0 Å². The summed E-state index contributed by atoms with van der Waals surface area (Å²) in [7, 11) is 1.57. The maximum absolute atomic E-state index is 12.3. The first-order valence-corrected chi connectivity index (χ1v) is 11.4. The minimum atomic E-state index is -0.224. The van der Waals surface area contributed by atoms with E-state index in [0.29, 0.717) is 15.6 Å². The van der Waals surface area contributed by atoms with Crippen molar-refractivity contribution in [1.29, 1.82) is 0 Å². The Kier molecular flexibility index (Phi) is 5.74. The van der Waals surface area contributed by atoms with E-state index in [2.05, 4.69) is 25.1 Å². The molecule has 8 nitrogen and oxygen atoms in total. The average molecular weight is 485 g/mol. The lowest BCUT2D eigenvalue weighted by atomic mass is 10.1. The molecule has 0 radical (unpaired) electrons. The number of piperazine rings is 1. The molecule has 1 aromatic carbocycles. The van der Waals surface area contributed by atoms with Crippen LogP contribution in [0.5, 0.6) is 0 Å². The summed E-state index contributed by atoms with van der Waals surface area (Å²) in [5.74, 6) is -0.224. The molecule has 0 aliphatic carbocycles. The van der Waals surface area contributed by atoms with Gasteiger partial charge in [-0.1, -0.05) is 23.2 Å². The van der Waals surface area contributed by atoms with Gasteiger partial charge in [-0.3, -0.25) is 19.1 Å². The Morgan fingerprint density at radius 2 is 1.88 bits per heavy atom. The van der Waals surface area contributed by atoms with Crippen molar-refractivity contribution in [2.45, 2.75) is 6.54 Å². The number of nitrogens with one attached hydrogen (secondary N) is 2. The van der Waals surface area contributed by atoms with Crippen LogP contribution < -0.4 is 15.9 Å². The zero-order valence-corrected chi connectivity index (χ0v) is 19.5. The van der Waals surface area contributed by atoms with Gasteiger partial charge in [0.05, 0.1) is 26.8 Å². The summed E-state index contributed by atoms with van der Waals surface area (Å²) in [5, 5.41) is 3.52. The fraction of sp³-hybridized carbons (Fsp3) is 0.261. The topological polar surface area (TPSA) is 85.7 Å². The first kappa shape index (κ1) is 21.8. The van der Waals surface area contributed by atoms with Gasteiger partial charge in [0.25, 0.3) is 5.91 Å². The van der Waals surface area contributed by atoms with E-state index in [1.54, 1.807) is 29.8 Å². The molecule has 1 aliphatic rings. The number of carbonyl (C=O) groups is 1. The summed E-state index contributed by atoms with van der Waals surface area (Å²) in [6.07, 6.45) is 3.60. The van der Waals surface area contributed by atoms with Gasteiger partial charge < -0.3 is 15.2 Å². The molecule has 0 spiro atoms. The molecule has 4 heterocycles. The van der Waals surface area contributed by atoms with Crippen LogP contribution in [0.4, 0.5) is 5.69 Å². The van der Waals surface area contributed by atoms with Crippen molar-refractivity contribution in [3.8, 4) is 0 Å². The van der Waals surface area contributed by atoms with Crippen LogP contribution in [-0.2, 0) is 6.54 Å². The number of H-pyrrole nitrogens is 1. The number of amides is 1. The van der Waals surface area contributed by atoms with Crippen LogP contribution in [0, 0.1) is 0 Å². The summed E-state index contributed by atoms with van der Waals surface area (Å²) in [6, 6.07) is 9.02. The lowest BCUT2D eigenvalue weighted by Gasteiger charge is -2.37. The second-order valence-corrected chi connectivity index (χ2v) is 8.88. The number of aromatic amines is 1. The fourth-order valence-electron chi connectivity index (χ4n) is 4.35. The highest BCUT2D eigenvalue weighted by molar-refractivity contribution is 6.39. The van der Waals surface area contributed by atoms with Crippen LogP contribution in [0.3, 0.4) is 0 Å². The predicted molar refractivity (Wildman–Crippen MR) is 131 cm³/mol. The number of anilines is 1. The molecule has 4 aromatic rings. The summed E-state index contributed by atoms with van der Waals surface area (Å²) in [4.78, 5) is 36.2. The third kappa shape index (κ3) is 4.06. The Bertz CT molecular complexity index is 1400. The lowest BCUT2D eigenvalue weighted by Crippen LogP contribution is -2.46. The van der Waals surface area contributed by atoms with Gasteiger partial charge in [0.2, 0.25) is 0 Å². The molecule has 0 unspecified atom stereocenters. The van der Waals surface area contributed by atoms with E-state index in [1.165, 1.54) is 0 Å². The van der Waals surface area contributed by atoms with E-state index in [9.17, 15) is 9.59 Å². The zero-order valence-electron chi connectivity index (χ0n) is 17.9. The second kappa shape index (κ2) is 8.70. The number of nitrogens with zero attached hydrogens (tertiary/aromatic N) is 4. The predicted octanol–water partition coefficient (Wildman–Crippen LogP) is 3.16. The Balaban J connectivity index is 1.30. The summed E-state index contributed by atoms with van der Waals surface area (Å²) >= 11 is 13.0. The zero-order chi connectivity index (χ0) is 23.1. The SMILES string of the molecule is CNC(=O)c1cc(Cl)c(N2CCN(Cc3cnc4c(c3)[nH]c(=O)n3cccc43)CC2)c(Cl)c1. The Hall–Kier alpha value is -3.07. The van der Waals surface area contributed by atoms with Crippen molar-refractivity contribution in [3.05, 3.63) is 74.4 Å². The van der Waals surface area contributed by atoms with E-state index in [4.69, 9.17) is 23.2 Å². The number of hydrogen-bond acceptors (Lipinski definition) is 5. The maximum atomic E-state index is 12.3. The van der Waals surface area contributed by atoms with Gasteiger partial charge >= 0.3 is 5.69 Å². The molecule has 1 fully saturated rings. The summed E-state index contributed by atoms with van der Waals surface area (Å²) in [5.41, 5.74) is 4.36. The second-order valence-electron chi connectivity index (χ2n) is 8.06. The number of hydrogen-bond donors (Lipinski definition) is 2. The Morgan fingerprint density at radius 3 is 2.58 bits per heavy atom. The molecule has 170 valence electrons. The van der Waals surface area contributed by atoms with Crippen molar-refractivity contribution >= 4 is 51.3 Å². The van der Waals surface area contributed by atoms with Gasteiger partial charge in [0.15, 0.2) is 0 Å². The molecule has 0 atom stereocenters. The smallest absolute Gasteiger partial charge is 0.330 e. The Morgan fingerprint density at radius 1 is 1.15 bits per heavy atom. The van der Waals surface area contributed by atoms with Crippen LogP contribution in [0.1, 0.15) is 15.9 Å². The largest absolute Gasteiger partial charge is 0.367 e. The van der Waals surface area contributed by atoms with Crippen molar-refractivity contribution in [3.63, 3.8) is 0 Å². The van der Waals surface area contributed by atoms with E-state index in [-0.39, 0.29) is 11.6 Å². The number of carbonyl (C=O) groups excluding carboxylic acids is 1. The molecule has 2 N–H and O–H groups in total. The fourth-order valence-corrected chi connectivity index (χ4v) is 5.08. The highest BCUT2D eigenvalue weighted by Gasteiger charge is 2.23. The van der Waals surface area contributed by atoms with Crippen LogP contribution in [0.25, 0.3) is 16.6 Å². The molecule has 1 amide bonds. The first-order valence-electron chi connectivity index (χ1n) is 10.6. The molecule has 1 saturated heterocycles. The van der Waals surface area contributed by atoms with Gasteiger partial charge in [0, 0.05) is 57.7 Å². The number of pyridine rings is 1. The molecule has 10 heteroatoms. The number of halogens is 2. The lowest BCUT2D eigenvalue weighted by molar-refractivity contribution is 0.0963.